The van der Waals surface area contributed by atoms with E-state index in [-0.39, 0.29) is 0 Å². The van der Waals surface area contributed by atoms with Crippen LogP contribution in [0.4, 0.5) is 11.4 Å². The molecule has 0 atom stereocenters. The molecule has 0 spiro atoms. The molecule has 1 aliphatic carbocycles. The van der Waals surface area contributed by atoms with Gasteiger partial charge in [-0.25, -0.2) is 0 Å². The van der Waals surface area contributed by atoms with E-state index in [1.807, 2.05) is 31.3 Å². The Labute approximate surface area is 175 Å². The van der Waals surface area contributed by atoms with Gasteiger partial charge >= 0.3 is 0 Å². The van der Waals surface area contributed by atoms with Crippen LogP contribution in [0.5, 0.6) is 5.75 Å². The van der Waals surface area contributed by atoms with E-state index in [1.54, 1.807) is 0 Å². The number of nitrogens with zero attached hydrogens (tertiary/aromatic N) is 1. The molecule has 0 aromatic heterocycles. The third-order valence-corrected chi connectivity index (χ3v) is 6.09. The third-order valence-electron chi connectivity index (χ3n) is 6.09. The van der Waals surface area contributed by atoms with Gasteiger partial charge in [0.15, 0.2) is 0 Å². The summed E-state index contributed by atoms with van der Waals surface area (Å²) in [6, 6.07) is 12.2. The second-order valence-corrected chi connectivity index (χ2v) is 8.05. The lowest BCUT2D eigenvalue weighted by atomic mass is 9.81. The van der Waals surface area contributed by atoms with Crippen LogP contribution in [0, 0.1) is 11.8 Å². The number of hydrogen-bond donors (Lipinski definition) is 1. The summed E-state index contributed by atoms with van der Waals surface area (Å²) < 4.78 is 6.33. The Kier molecular flexibility index (Phi) is 7.51. The summed E-state index contributed by atoms with van der Waals surface area (Å²) in [6.45, 7) is 8.99. The lowest BCUT2D eigenvalue weighted by molar-refractivity contribution is 0.181. The Balaban J connectivity index is 1.86. The van der Waals surface area contributed by atoms with Crippen molar-refractivity contribution in [3.05, 3.63) is 54.6 Å². The van der Waals surface area contributed by atoms with E-state index in [1.165, 1.54) is 32.1 Å². The fourth-order valence-electron chi connectivity index (χ4n) is 4.30. The van der Waals surface area contributed by atoms with Crippen LogP contribution in [-0.4, -0.2) is 12.8 Å². The van der Waals surface area contributed by atoms with Crippen molar-refractivity contribution in [3.8, 4) is 16.9 Å². The Morgan fingerprint density at radius 3 is 2.38 bits per heavy atom. The molecule has 3 nitrogen and oxygen atoms in total. The molecule has 29 heavy (non-hydrogen) atoms. The zero-order valence-corrected chi connectivity index (χ0v) is 17.9. The van der Waals surface area contributed by atoms with Gasteiger partial charge in [0.05, 0.1) is 6.61 Å². The summed E-state index contributed by atoms with van der Waals surface area (Å²) in [4.78, 5) is 4.70. The van der Waals surface area contributed by atoms with Crippen molar-refractivity contribution in [1.82, 2.24) is 0 Å². The highest BCUT2D eigenvalue weighted by Gasteiger charge is 2.21. The van der Waals surface area contributed by atoms with Crippen molar-refractivity contribution in [3.63, 3.8) is 0 Å². The molecule has 0 bridgehead atoms. The first-order valence-corrected chi connectivity index (χ1v) is 10.9. The van der Waals surface area contributed by atoms with Gasteiger partial charge in [-0.2, -0.15) is 0 Å². The summed E-state index contributed by atoms with van der Waals surface area (Å²) in [7, 11) is 0. The maximum Gasteiger partial charge on any atom is 0.145 e. The minimum atomic E-state index is 0.649. The molecule has 3 heteroatoms. The molecular weight excluding hydrogens is 356 g/mol. The van der Waals surface area contributed by atoms with Crippen molar-refractivity contribution >= 4 is 17.6 Å². The molecule has 0 heterocycles. The molecular formula is C26H34N2O. The normalized spacial score (nSPS) is 19.4. The largest absolute Gasteiger partial charge is 0.491 e. The molecule has 1 aliphatic rings. The molecule has 0 amide bonds. The van der Waals surface area contributed by atoms with Crippen LogP contribution in [-0.2, 0) is 6.42 Å². The Hall–Kier alpha value is -2.55. The zero-order valence-electron chi connectivity index (χ0n) is 17.9. The molecule has 2 aromatic rings. The van der Waals surface area contributed by atoms with Crippen LogP contribution < -0.4 is 10.5 Å². The van der Waals surface area contributed by atoms with Crippen LogP contribution in [0.15, 0.2) is 54.0 Å². The van der Waals surface area contributed by atoms with E-state index in [0.717, 1.165) is 52.8 Å². The van der Waals surface area contributed by atoms with Crippen LogP contribution in [0.25, 0.3) is 11.1 Å². The van der Waals surface area contributed by atoms with Crippen molar-refractivity contribution in [2.45, 2.75) is 52.4 Å². The van der Waals surface area contributed by atoms with Gasteiger partial charge in [-0.1, -0.05) is 50.5 Å². The highest BCUT2D eigenvalue weighted by molar-refractivity contribution is 5.79. The van der Waals surface area contributed by atoms with Crippen LogP contribution >= 0.6 is 0 Å². The van der Waals surface area contributed by atoms with Gasteiger partial charge in [0, 0.05) is 11.9 Å². The molecule has 3 rings (SSSR count). The number of hydrogen-bond acceptors (Lipinski definition) is 3. The smallest absolute Gasteiger partial charge is 0.145 e. The van der Waals surface area contributed by atoms with Gasteiger partial charge in [-0.05, 0) is 72.9 Å². The average Bonchev–Trinajstić information content (AvgIpc) is 2.75. The van der Waals surface area contributed by atoms with Crippen molar-refractivity contribution in [2.75, 3.05) is 12.3 Å². The van der Waals surface area contributed by atoms with E-state index >= 15 is 0 Å². The highest BCUT2D eigenvalue weighted by Crippen LogP contribution is 2.40. The third kappa shape index (κ3) is 5.29. The number of anilines is 1. The molecule has 2 N–H and O–H groups in total. The van der Waals surface area contributed by atoms with Gasteiger partial charge < -0.3 is 10.5 Å². The predicted molar refractivity (Wildman–Crippen MR) is 125 cm³/mol. The van der Waals surface area contributed by atoms with Gasteiger partial charge in [0.2, 0.25) is 0 Å². The summed E-state index contributed by atoms with van der Waals surface area (Å²) in [5.41, 5.74) is 11.0. The van der Waals surface area contributed by atoms with Crippen LogP contribution in [0.1, 0.15) is 51.5 Å². The second-order valence-electron chi connectivity index (χ2n) is 8.05. The molecule has 1 saturated carbocycles. The van der Waals surface area contributed by atoms with E-state index in [4.69, 9.17) is 15.5 Å². The maximum absolute atomic E-state index is 6.33. The molecule has 2 aromatic carbocycles. The standard InChI is InChI=1S/C26H34N2O/c1-4-7-24-23(21-12-14-22(27)15-13-21)16-17-25(26(24)28-6-3)29-18-20-10-8-19(5-2)9-11-20/h4,6,12-17,19-20H,1,5,7-11,18,27H2,2-3H3. The van der Waals surface area contributed by atoms with E-state index in [2.05, 4.69) is 37.8 Å². The fraction of sp³-hybridized carbons (Fsp3) is 0.423. The summed E-state index contributed by atoms with van der Waals surface area (Å²) in [5.74, 6) is 2.43. The van der Waals surface area contributed by atoms with Gasteiger partial charge in [-0.15, -0.1) is 6.58 Å². The van der Waals surface area contributed by atoms with Gasteiger partial charge in [0.1, 0.15) is 11.4 Å². The molecule has 0 saturated heterocycles. The maximum atomic E-state index is 6.33. The van der Waals surface area contributed by atoms with Crippen molar-refractivity contribution in [1.29, 1.82) is 0 Å². The molecule has 0 aliphatic heterocycles. The van der Waals surface area contributed by atoms with E-state index in [9.17, 15) is 0 Å². The first-order chi connectivity index (χ1) is 14.2. The van der Waals surface area contributed by atoms with Crippen molar-refractivity contribution < 1.29 is 4.74 Å². The minimum absolute atomic E-state index is 0.649. The molecule has 1 fully saturated rings. The van der Waals surface area contributed by atoms with Gasteiger partial charge in [-0.3, -0.25) is 4.99 Å². The van der Waals surface area contributed by atoms with Crippen molar-refractivity contribution in [2.24, 2.45) is 16.8 Å². The zero-order chi connectivity index (χ0) is 20.6. The number of nitrogen functional groups attached to an aromatic ring is 1. The fourth-order valence-corrected chi connectivity index (χ4v) is 4.30. The average molecular weight is 391 g/mol. The lowest BCUT2D eigenvalue weighted by Crippen LogP contribution is -2.19. The topological polar surface area (TPSA) is 47.6 Å². The van der Waals surface area contributed by atoms with Crippen LogP contribution in [0.2, 0.25) is 0 Å². The highest BCUT2D eigenvalue weighted by atomic mass is 16.5. The SMILES string of the molecule is C=CCc1c(-c2ccc(N)cc2)ccc(OCC2CCC(CC)CC2)c1N=CC. The first-order valence-electron chi connectivity index (χ1n) is 10.9. The van der Waals surface area contributed by atoms with Crippen LogP contribution in [0.3, 0.4) is 0 Å². The quantitative estimate of drug-likeness (QED) is 0.300. The summed E-state index contributed by atoms with van der Waals surface area (Å²) >= 11 is 0. The Bertz CT molecular complexity index is 831. The van der Waals surface area contributed by atoms with E-state index in [0.29, 0.717) is 5.92 Å². The minimum Gasteiger partial charge on any atom is -0.491 e. The molecule has 0 radical (unpaired) electrons. The number of benzene rings is 2. The number of aliphatic imine (C=N–C) groups is 1. The number of rotatable bonds is 8. The molecule has 0 unspecified atom stereocenters. The number of allylic oxidation sites excluding steroid dienone is 1. The Morgan fingerprint density at radius 1 is 1.07 bits per heavy atom. The summed E-state index contributed by atoms with van der Waals surface area (Å²) in [5, 5.41) is 0. The number of nitrogens with two attached hydrogens (primary N) is 1. The second kappa shape index (κ2) is 10.3. The summed E-state index contributed by atoms with van der Waals surface area (Å²) in [6.07, 6.45) is 11.0. The first kappa shape index (κ1) is 21.2. The monoisotopic (exact) mass is 390 g/mol. The molecule has 154 valence electrons. The predicted octanol–water partition coefficient (Wildman–Crippen LogP) is 6.98. The van der Waals surface area contributed by atoms with E-state index < -0.39 is 0 Å². The Morgan fingerprint density at radius 2 is 1.76 bits per heavy atom. The number of ether oxygens (including phenoxy) is 1. The lowest BCUT2D eigenvalue weighted by Gasteiger charge is -2.28. The van der Waals surface area contributed by atoms with Gasteiger partial charge in [0.25, 0.3) is 0 Å².